The summed E-state index contributed by atoms with van der Waals surface area (Å²) in [6.45, 7) is 12.4. The van der Waals surface area contributed by atoms with E-state index in [9.17, 15) is 0 Å². The van der Waals surface area contributed by atoms with Crippen LogP contribution in [0.15, 0.2) is 75.9 Å². The third-order valence-corrected chi connectivity index (χ3v) is 4.54. The highest BCUT2D eigenvalue weighted by molar-refractivity contribution is 8.03. The molecule has 0 aromatic heterocycles. The predicted octanol–water partition coefficient (Wildman–Crippen LogP) is 6.40. The van der Waals surface area contributed by atoms with Gasteiger partial charge in [-0.25, -0.2) is 0 Å². The van der Waals surface area contributed by atoms with E-state index in [2.05, 4.69) is 49.7 Å². The minimum absolute atomic E-state index is 0.992. The molecule has 0 saturated heterocycles. The Labute approximate surface area is 140 Å². The van der Waals surface area contributed by atoms with E-state index in [4.69, 9.17) is 0 Å². The summed E-state index contributed by atoms with van der Waals surface area (Å²) in [6.07, 6.45) is 16.8. The maximum Gasteiger partial charge on any atom is 0.0372 e. The number of aliphatic imine (C=N–C) groups is 1. The van der Waals surface area contributed by atoms with Gasteiger partial charge in [-0.05, 0) is 52.2 Å². The molecule has 0 aliphatic heterocycles. The van der Waals surface area contributed by atoms with Crippen molar-refractivity contribution in [1.82, 2.24) is 0 Å². The molecule has 0 fully saturated rings. The molecular formula is C20H27NS. The second kappa shape index (κ2) is 10.2. The zero-order chi connectivity index (χ0) is 16.4. The molecule has 1 aliphatic carbocycles. The molecule has 1 aliphatic rings. The summed E-state index contributed by atoms with van der Waals surface area (Å²) in [5, 5.41) is 0. The number of hydrogen-bond acceptors (Lipinski definition) is 2. The van der Waals surface area contributed by atoms with Gasteiger partial charge in [-0.3, -0.25) is 4.99 Å². The van der Waals surface area contributed by atoms with Gasteiger partial charge in [0.25, 0.3) is 0 Å². The molecule has 0 amide bonds. The van der Waals surface area contributed by atoms with Crippen LogP contribution in [0.4, 0.5) is 0 Å². The van der Waals surface area contributed by atoms with Crippen LogP contribution < -0.4 is 0 Å². The Morgan fingerprint density at radius 3 is 2.64 bits per heavy atom. The second-order valence-corrected chi connectivity index (χ2v) is 6.45. The summed E-state index contributed by atoms with van der Waals surface area (Å²) in [7, 11) is 0. The van der Waals surface area contributed by atoms with E-state index in [1.165, 1.54) is 29.6 Å². The molecule has 0 aromatic rings. The SMILES string of the molecule is C=C(SCC1=CC=C(C)CC1)C(/C=C\C(C)=N/C=C\C)=C/C. The quantitative estimate of drug-likeness (QED) is 0.391. The Morgan fingerprint density at radius 1 is 1.27 bits per heavy atom. The zero-order valence-electron chi connectivity index (χ0n) is 14.2. The van der Waals surface area contributed by atoms with Crippen molar-refractivity contribution in [2.75, 3.05) is 5.75 Å². The molecule has 0 saturated carbocycles. The molecule has 0 spiro atoms. The van der Waals surface area contributed by atoms with Gasteiger partial charge in [0.2, 0.25) is 0 Å². The van der Waals surface area contributed by atoms with Crippen LogP contribution in [0, 0.1) is 0 Å². The van der Waals surface area contributed by atoms with E-state index >= 15 is 0 Å². The third kappa shape index (κ3) is 6.95. The van der Waals surface area contributed by atoms with E-state index in [0.717, 1.165) is 16.4 Å². The molecule has 0 aromatic carbocycles. The number of hydrogen-bond donors (Lipinski definition) is 0. The maximum absolute atomic E-state index is 4.30. The number of allylic oxidation sites excluding steroid dienone is 8. The molecule has 118 valence electrons. The van der Waals surface area contributed by atoms with Crippen molar-refractivity contribution >= 4 is 17.5 Å². The Kier molecular flexibility index (Phi) is 8.61. The normalized spacial score (nSPS) is 17.1. The Bertz CT molecular complexity index is 569. The molecule has 1 rings (SSSR count). The lowest BCUT2D eigenvalue weighted by Crippen LogP contribution is -1.95. The summed E-state index contributed by atoms with van der Waals surface area (Å²) in [5.74, 6) is 1.03. The van der Waals surface area contributed by atoms with Gasteiger partial charge in [-0.1, -0.05) is 48.1 Å². The maximum atomic E-state index is 4.30. The fourth-order valence-corrected chi connectivity index (χ4v) is 2.92. The fourth-order valence-electron chi connectivity index (χ4n) is 1.96. The first-order chi connectivity index (χ1) is 10.6. The summed E-state index contributed by atoms with van der Waals surface area (Å²) >= 11 is 1.82. The summed E-state index contributed by atoms with van der Waals surface area (Å²) in [4.78, 5) is 5.42. The number of thioether (sulfide) groups is 1. The van der Waals surface area contributed by atoms with E-state index < -0.39 is 0 Å². The van der Waals surface area contributed by atoms with Crippen LogP contribution in [0.1, 0.15) is 40.5 Å². The van der Waals surface area contributed by atoms with Gasteiger partial charge in [0, 0.05) is 22.6 Å². The topological polar surface area (TPSA) is 12.4 Å². The molecule has 0 N–H and O–H groups in total. The Balaban J connectivity index is 2.57. The minimum atomic E-state index is 0.992. The predicted molar refractivity (Wildman–Crippen MR) is 103 cm³/mol. The smallest absolute Gasteiger partial charge is 0.0372 e. The van der Waals surface area contributed by atoms with Gasteiger partial charge in [0.05, 0.1) is 0 Å². The fraction of sp³-hybridized carbons (Fsp3) is 0.350. The van der Waals surface area contributed by atoms with Gasteiger partial charge in [-0.2, -0.15) is 0 Å². The van der Waals surface area contributed by atoms with Crippen molar-refractivity contribution in [1.29, 1.82) is 0 Å². The minimum Gasteiger partial charge on any atom is -0.262 e. The standard InChI is InChI=1S/C20H27NS/c1-6-14-21-17(4)10-13-20(7-2)18(5)22-15-19-11-8-16(3)9-12-19/h6-8,10-11,13-14H,5,9,12,15H2,1-4H3/b13-10-,14-6-,20-7+,21-17-. The second-order valence-electron chi connectivity index (χ2n) is 5.38. The molecular weight excluding hydrogens is 286 g/mol. The third-order valence-electron chi connectivity index (χ3n) is 3.44. The first-order valence-corrected chi connectivity index (χ1v) is 8.72. The number of nitrogens with zero attached hydrogens (tertiary/aromatic N) is 1. The zero-order valence-corrected chi connectivity index (χ0v) is 15.0. The van der Waals surface area contributed by atoms with E-state index in [1.807, 2.05) is 44.0 Å². The summed E-state index contributed by atoms with van der Waals surface area (Å²) < 4.78 is 0. The van der Waals surface area contributed by atoms with Gasteiger partial charge in [0.15, 0.2) is 0 Å². The van der Waals surface area contributed by atoms with Crippen LogP contribution in [-0.2, 0) is 0 Å². The van der Waals surface area contributed by atoms with Crippen molar-refractivity contribution < 1.29 is 0 Å². The highest BCUT2D eigenvalue weighted by Gasteiger charge is 2.06. The molecule has 0 heterocycles. The van der Waals surface area contributed by atoms with Crippen molar-refractivity contribution in [3.8, 4) is 0 Å². The van der Waals surface area contributed by atoms with Crippen LogP contribution in [0.5, 0.6) is 0 Å². The largest absolute Gasteiger partial charge is 0.262 e. The number of rotatable bonds is 7. The van der Waals surface area contributed by atoms with E-state index in [-0.39, 0.29) is 0 Å². The van der Waals surface area contributed by atoms with Crippen molar-refractivity contribution in [3.63, 3.8) is 0 Å². The average Bonchev–Trinajstić information content (AvgIpc) is 2.52. The Hall–Kier alpha value is -1.54. The monoisotopic (exact) mass is 313 g/mol. The van der Waals surface area contributed by atoms with Gasteiger partial charge in [-0.15, -0.1) is 11.8 Å². The van der Waals surface area contributed by atoms with Crippen molar-refractivity contribution in [2.45, 2.75) is 40.5 Å². The average molecular weight is 314 g/mol. The lowest BCUT2D eigenvalue weighted by atomic mass is 10.0. The molecule has 22 heavy (non-hydrogen) atoms. The van der Waals surface area contributed by atoms with Crippen LogP contribution in [0.25, 0.3) is 0 Å². The molecule has 1 nitrogen and oxygen atoms in total. The van der Waals surface area contributed by atoms with Crippen molar-refractivity contribution in [2.24, 2.45) is 4.99 Å². The van der Waals surface area contributed by atoms with Crippen LogP contribution in [0.2, 0.25) is 0 Å². The van der Waals surface area contributed by atoms with Gasteiger partial charge >= 0.3 is 0 Å². The summed E-state index contributed by atoms with van der Waals surface area (Å²) in [5.41, 5.74) is 5.14. The van der Waals surface area contributed by atoms with Gasteiger partial charge < -0.3 is 0 Å². The Morgan fingerprint density at radius 2 is 2.05 bits per heavy atom. The van der Waals surface area contributed by atoms with Crippen LogP contribution >= 0.6 is 11.8 Å². The lowest BCUT2D eigenvalue weighted by molar-refractivity contribution is 0.909. The first kappa shape index (κ1) is 18.5. The van der Waals surface area contributed by atoms with Crippen LogP contribution in [0.3, 0.4) is 0 Å². The lowest BCUT2D eigenvalue weighted by Gasteiger charge is -2.13. The molecule has 0 unspecified atom stereocenters. The molecule has 0 atom stereocenters. The first-order valence-electron chi connectivity index (χ1n) is 7.74. The van der Waals surface area contributed by atoms with E-state index in [0.29, 0.717) is 0 Å². The van der Waals surface area contributed by atoms with E-state index in [1.54, 1.807) is 0 Å². The van der Waals surface area contributed by atoms with Crippen molar-refractivity contribution in [3.05, 3.63) is 70.9 Å². The highest BCUT2D eigenvalue weighted by Crippen LogP contribution is 2.28. The molecule has 2 heteroatoms. The molecule has 0 bridgehead atoms. The summed E-state index contributed by atoms with van der Waals surface area (Å²) in [6, 6.07) is 0. The van der Waals surface area contributed by atoms with Gasteiger partial charge in [0.1, 0.15) is 0 Å². The molecule has 0 radical (unpaired) electrons. The van der Waals surface area contributed by atoms with Crippen LogP contribution in [-0.4, -0.2) is 11.5 Å². The highest BCUT2D eigenvalue weighted by atomic mass is 32.2.